The zero-order chi connectivity index (χ0) is 18.3. The summed E-state index contributed by atoms with van der Waals surface area (Å²) < 4.78 is 0. The first-order chi connectivity index (χ1) is 11.1. The summed E-state index contributed by atoms with van der Waals surface area (Å²) in [5.41, 5.74) is 11.3. The van der Waals surface area contributed by atoms with E-state index in [1.165, 1.54) is 0 Å². The van der Waals surface area contributed by atoms with E-state index in [2.05, 4.69) is 10.2 Å². The molecule has 0 spiro atoms. The Bertz CT molecular complexity index is 751. The number of nitrogen functional groups attached to an aromatic ring is 2. The van der Waals surface area contributed by atoms with Crippen LogP contribution in [0.4, 0.5) is 22.7 Å². The van der Waals surface area contributed by atoms with Crippen LogP contribution in [0.5, 0.6) is 0 Å². The summed E-state index contributed by atoms with van der Waals surface area (Å²) in [5.74, 6) is 0. The third kappa shape index (κ3) is 3.44. The van der Waals surface area contributed by atoms with Crippen LogP contribution in [-0.4, -0.2) is 0 Å². The summed E-state index contributed by atoms with van der Waals surface area (Å²) in [5, 5.41) is 7.48. The smallest absolute Gasteiger partial charge is 0.126 e. The van der Waals surface area contributed by atoms with Gasteiger partial charge in [0.1, 0.15) is 11.4 Å². The Morgan fingerprint density at radius 3 is 0.833 bits per heavy atom. The standard InChI is InChI=1S/C12H4Cl8N4/c13-1-5(17)11(6(18)2(14)9(1)21)23-24-12-7(19)3(15)10(22)4(16)8(12)20/h21-22H2. The Morgan fingerprint density at radius 2 is 0.625 bits per heavy atom. The summed E-state index contributed by atoms with van der Waals surface area (Å²) in [6.07, 6.45) is 0. The van der Waals surface area contributed by atoms with E-state index >= 15 is 0 Å². The van der Waals surface area contributed by atoms with Gasteiger partial charge in [0, 0.05) is 0 Å². The van der Waals surface area contributed by atoms with Gasteiger partial charge in [-0.15, -0.1) is 10.2 Å². The largest absolute Gasteiger partial charge is 0.396 e. The van der Waals surface area contributed by atoms with E-state index in [-0.39, 0.29) is 62.9 Å². The van der Waals surface area contributed by atoms with Crippen molar-refractivity contribution in [2.45, 2.75) is 0 Å². The summed E-state index contributed by atoms with van der Waals surface area (Å²) in [4.78, 5) is 0. The monoisotopic (exact) mass is 484 g/mol. The van der Waals surface area contributed by atoms with Gasteiger partial charge in [-0.2, -0.15) is 0 Å². The molecule has 0 unspecified atom stereocenters. The molecule has 2 aromatic carbocycles. The molecule has 2 aromatic rings. The number of hydrogen-bond donors (Lipinski definition) is 2. The molecular weight excluding hydrogens is 484 g/mol. The van der Waals surface area contributed by atoms with E-state index in [0.29, 0.717) is 0 Å². The summed E-state index contributed by atoms with van der Waals surface area (Å²) in [7, 11) is 0. The lowest BCUT2D eigenvalue weighted by molar-refractivity contribution is 1.23. The highest BCUT2D eigenvalue weighted by molar-refractivity contribution is 6.53. The first-order valence-electron chi connectivity index (χ1n) is 5.74. The molecule has 0 amide bonds. The lowest BCUT2D eigenvalue weighted by Crippen LogP contribution is -1.91. The van der Waals surface area contributed by atoms with Crippen LogP contribution in [0, 0.1) is 0 Å². The molecular formula is C12H4Cl8N4. The lowest BCUT2D eigenvalue weighted by atomic mass is 10.2. The predicted molar refractivity (Wildman–Crippen MR) is 106 cm³/mol. The van der Waals surface area contributed by atoms with Crippen molar-refractivity contribution in [1.29, 1.82) is 0 Å². The Kier molecular flexibility index (Phi) is 6.49. The van der Waals surface area contributed by atoms with Gasteiger partial charge in [0.2, 0.25) is 0 Å². The number of hydrogen-bond acceptors (Lipinski definition) is 4. The van der Waals surface area contributed by atoms with Crippen LogP contribution in [0.25, 0.3) is 0 Å². The SMILES string of the molecule is Nc1c(Cl)c(Cl)c(N=Nc2c(Cl)c(Cl)c(N)c(Cl)c2Cl)c(Cl)c1Cl. The zero-order valence-electron chi connectivity index (χ0n) is 11.1. The van der Waals surface area contributed by atoms with Crippen LogP contribution < -0.4 is 11.5 Å². The van der Waals surface area contributed by atoms with Crippen LogP contribution in [-0.2, 0) is 0 Å². The van der Waals surface area contributed by atoms with Crippen LogP contribution in [0.15, 0.2) is 10.2 Å². The van der Waals surface area contributed by atoms with Crippen molar-refractivity contribution in [3.05, 3.63) is 40.2 Å². The predicted octanol–water partition coefficient (Wildman–Crippen LogP) is 8.49. The molecule has 0 heterocycles. The number of halogens is 8. The van der Waals surface area contributed by atoms with Gasteiger partial charge in [0.05, 0.1) is 51.6 Å². The van der Waals surface area contributed by atoms with E-state index in [9.17, 15) is 0 Å². The summed E-state index contributed by atoms with van der Waals surface area (Å²) in [6.45, 7) is 0. The molecule has 0 aliphatic rings. The van der Waals surface area contributed by atoms with Crippen molar-refractivity contribution in [2.24, 2.45) is 10.2 Å². The van der Waals surface area contributed by atoms with E-state index in [1.54, 1.807) is 0 Å². The Labute approximate surface area is 176 Å². The van der Waals surface area contributed by atoms with Gasteiger partial charge in [-0.1, -0.05) is 92.8 Å². The molecule has 0 fully saturated rings. The molecule has 0 radical (unpaired) electrons. The van der Waals surface area contributed by atoms with Crippen molar-refractivity contribution < 1.29 is 0 Å². The van der Waals surface area contributed by atoms with Crippen LogP contribution >= 0.6 is 92.8 Å². The molecule has 0 aromatic heterocycles. The molecule has 4 nitrogen and oxygen atoms in total. The van der Waals surface area contributed by atoms with E-state index in [1.807, 2.05) is 0 Å². The molecule has 128 valence electrons. The highest BCUT2D eigenvalue weighted by Crippen LogP contribution is 2.50. The van der Waals surface area contributed by atoms with Crippen LogP contribution in [0.3, 0.4) is 0 Å². The first-order valence-corrected chi connectivity index (χ1v) is 8.76. The van der Waals surface area contributed by atoms with Gasteiger partial charge >= 0.3 is 0 Å². The summed E-state index contributed by atoms with van der Waals surface area (Å²) >= 11 is 48.1. The average Bonchev–Trinajstić information content (AvgIpc) is 2.57. The van der Waals surface area contributed by atoms with Gasteiger partial charge in [-0.25, -0.2) is 0 Å². The fourth-order valence-corrected chi connectivity index (χ4v) is 3.42. The van der Waals surface area contributed by atoms with Gasteiger partial charge in [-0.3, -0.25) is 0 Å². The molecule has 0 bridgehead atoms. The van der Waals surface area contributed by atoms with Crippen molar-refractivity contribution in [3.63, 3.8) is 0 Å². The molecule has 0 aliphatic carbocycles. The van der Waals surface area contributed by atoms with Crippen LogP contribution in [0.1, 0.15) is 0 Å². The number of nitrogens with two attached hydrogens (primary N) is 2. The van der Waals surface area contributed by atoms with Gasteiger partial charge in [0.15, 0.2) is 0 Å². The normalized spacial score (nSPS) is 11.5. The Balaban J connectivity index is 2.67. The van der Waals surface area contributed by atoms with Crippen molar-refractivity contribution in [1.82, 2.24) is 0 Å². The first kappa shape index (κ1) is 20.3. The number of anilines is 2. The minimum atomic E-state index is -0.0489. The van der Waals surface area contributed by atoms with E-state index in [4.69, 9.17) is 104 Å². The number of nitrogens with zero attached hydrogens (tertiary/aromatic N) is 2. The zero-order valence-corrected chi connectivity index (χ0v) is 17.1. The van der Waals surface area contributed by atoms with Gasteiger partial charge < -0.3 is 11.5 Å². The third-order valence-corrected chi connectivity index (χ3v) is 6.23. The van der Waals surface area contributed by atoms with Crippen molar-refractivity contribution in [3.8, 4) is 0 Å². The minimum Gasteiger partial charge on any atom is -0.396 e. The topological polar surface area (TPSA) is 76.8 Å². The van der Waals surface area contributed by atoms with E-state index < -0.39 is 0 Å². The highest BCUT2D eigenvalue weighted by atomic mass is 35.5. The molecule has 0 atom stereocenters. The Hall–Kier alpha value is -0.0400. The van der Waals surface area contributed by atoms with Crippen molar-refractivity contribution >= 4 is 116 Å². The fourth-order valence-electron chi connectivity index (χ4n) is 1.55. The second-order valence-electron chi connectivity index (χ2n) is 4.24. The maximum Gasteiger partial charge on any atom is 0.126 e. The minimum absolute atomic E-state index is 0.0157. The maximum absolute atomic E-state index is 6.06. The van der Waals surface area contributed by atoms with Crippen LogP contribution in [0.2, 0.25) is 40.2 Å². The molecule has 0 saturated heterocycles. The quantitative estimate of drug-likeness (QED) is 0.253. The maximum atomic E-state index is 6.06. The molecule has 24 heavy (non-hydrogen) atoms. The average molecular weight is 488 g/mol. The Morgan fingerprint density at radius 1 is 0.417 bits per heavy atom. The van der Waals surface area contributed by atoms with E-state index in [0.717, 1.165) is 0 Å². The summed E-state index contributed by atoms with van der Waals surface area (Å²) in [6, 6.07) is 0. The van der Waals surface area contributed by atoms with Gasteiger partial charge in [0.25, 0.3) is 0 Å². The third-order valence-electron chi connectivity index (χ3n) is 2.80. The second kappa shape index (κ2) is 7.68. The highest BCUT2D eigenvalue weighted by Gasteiger charge is 2.21. The number of benzene rings is 2. The molecule has 2 rings (SSSR count). The second-order valence-corrected chi connectivity index (χ2v) is 7.26. The number of rotatable bonds is 2. The lowest BCUT2D eigenvalue weighted by Gasteiger charge is -2.10. The van der Waals surface area contributed by atoms with Gasteiger partial charge in [-0.05, 0) is 0 Å². The fraction of sp³-hybridized carbons (Fsp3) is 0. The number of azo groups is 1. The molecule has 0 aliphatic heterocycles. The molecule has 4 N–H and O–H groups in total. The molecule has 0 saturated carbocycles. The van der Waals surface area contributed by atoms with Crippen molar-refractivity contribution in [2.75, 3.05) is 11.5 Å². The molecule has 12 heteroatoms.